The molecular formula is C23H19BrF4N2O4. The molecule has 1 heterocycles. The van der Waals surface area contributed by atoms with Crippen molar-refractivity contribution in [2.24, 2.45) is 0 Å². The fraction of sp³-hybridized carbons (Fsp3) is 0.348. The van der Waals surface area contributed by atoms with Gasteiger partial charge < -0.3 is 9.64 Å². The summed E-state index contributed by atoms with van der Waals surface area (Å²) in [7, 11) is 0. The molecule has 6 nitrogen and oxygen atoms in total. The normalized spacial score (nSPS) is 20.5. The molecule has 1 fully saturated rings. The molecule has 2 aliphatic rings. The van der Waals surface area contributed by atoms with Gasteiger partial charge in [-0.15, -0.1) is 0 Å². The zero-order valence-corrected chi connectivity index (χ0v) is 19.5. The maximum Gasteiger partial charge on any atom is 0.418 e. The van der Waals surface area contributed by atoms with Crippen molar-refractivity contribution in [2.45, 2.75) is 44.1 Å². The number of nitrogens with zero attached hydrogens (tertiary/aromatic N) is 2. The van der Waals surface area contributed by atoms with Gasteiger partial charge in [0.1, 0.15) is 18.4 Å². The zero-order valence-electron chi connectivity index (χ0n) is 17.9. The van der Waals surface area contributed by atoms with Crippen LogP contribution in [0.2, 0.25) is 0 Å². The standard InChI is InChI=1S/C23H19BrF4N2O4/c1-13(23(26,27)28)29(11-14-2-5-17(25)6-3-14)19(31)12-30-20(32)22(34-21(30)33)9-8-15-10-16(24)4-7-18(15)22/h2-7,10,13H,8-9,11-12H2,1H3/t13-,22+/m0/s1. The van der Waals surface area contributed by atoms with E-state index in [0.29, 0.717) is 21.8 Å². The van der Waals surface area contributed by atoms with E-state index in [2.05, 4.69) is 15.9 Å². The van der Waals surface area contributed by atoms with Crippen LogP contribution in [0.25, 0.3) is 0 Å². The number of amides is 3. The van der Waals surface area contributed by atoms with E-state index < -0.39 is 54.6 Å². The summed E-state index contributed by atoms with van der Waals surface area (Å²) in [5, 5.41) is 0. The second-order valence-corrected chi connectivity index (χ2v) is 9.17. The highest BCUT2D eigenvalue weighted by molar-refractivity contribution is 9.10. The number of imide groups is 1. The van der Waals surface area contributed by atoms with Crippen molar-refractivity contribution in [3.05, 3.63) is 69.4 Å². The lowest BCUT2D eigenvalue weighted by Crippen LogP contribution is -2.51. The molecule has 0 bridgehead atoms. The number of hydrogen-bond donors (Lipinski definition) is 0. The number of halogens is 5. The third kappa shape index (κ3) is 4.28. The minimum Gasteiger partial charge on any atom is -0.427 e. The van der Waals surface area contributed by atoms with Crippen LogP contribution < -0.4 is 0 Å². The predicted molar refractivity (Wildman–Crippen MR) is 115 cm³/mol. The molecule has 2 atom stereocenters. The van der Waals surface area contributed by atoms with Crippen molar-refractivity contribution in [2.75, 3.05) is 6.54 Å². The molecule has 0 unspecified atom stereocenters. The van der Waals surface area contributed by atoms with Gasteiger partial charge in [-0.2, -0.15) is 13.2 Å². The highest BCUT2D eigenvalue weighted by atomic mass is 79.9. The van der Waals surface area contributed by atoms with Crippen LogP contribution in [-0.2, 0) is 32.9 Å². The molecular weight excluding hydrogens is 524 g/mol. The largest absolute Gasteiger partial charge is 0.427 e. The summed E-state index contributed by atoms with van der Waals surface area (Å²) in [4.78, 5) is 39.9. The van der Waals surface area contributed by atoms with E-state index in [4.69, 9.17) is 4.74 Å². The first-order chi connectivity index (χ1) is 15.9. The lowest BCUT2D eigenvalue weighted by Gasteiger charge is -2.31. The molecule has 1 spiro atoms. The van der Waals surface area contributed by atoms with Gasteiger partial charge in [0.05, 0.1) is 0 Å². The Labute approximate surface area is 200 Å². The molecule has 0 N–H and O–H groups in total. The van der Waals surface area contributed by atoms with Crippen LogP contribution in [0.4, 0.5) is 22.4 Å². The van der Waals surface area contributed by atoms with E-state index in [-0.39, 0.29) is 12.0 Å². The number of carbonyl (C=O) groups excluding carboxylic acids is 3. The second kappa shape index (κ2) is 8.68. The van der Waals surface area contributed by atoms with Crippen molar-refractivity contribution >= 4 is 33.8 Å². The summed E-state index contributed by atoms with van der Waals surface area (Å²) in [6, 6.07) is 7.58. The van der Waals surface area contributed by atoms with E-state index in [0.717, 1.165) is 29.1 Å². The van der Waals surface area contributed by atoms with Gasteiger partial charge in [-0.05, 0) is 48.7 Å². The Kier molecular flexibility index (Phi) is 6.17. The molecule has 11 heteroatoms. The molecule has 0 saturated carbocycles. The fourth-order valence-corrected chi connectivity index (χ4v) is 4.66. The van der Waals surface area contributed by atoms with Crippen LogP contribution in [0, 0.1) is 5.82 Å². The quantitative estimate of drug-likeness (QED) is 0.514. The maximum atomic E-state index is 13.5. The smallest absolute Gasteiger partial charge is 0.418 e. The van der Waals surface area contributed by atoms with Gasteiger partial charge in [0, 0.05) is 23.0 Å². The Hall–Kier alpha value is -2.95. The first kappa shape index (κ1) is 24.2. The zero-order chi connectivity index (χ0) is 24.8. The summed E-state index contributed by atoms with van der Waals surface area (Å²) in [6.45, 7) is -0.593. The van der Waals surface area contributed by atoms with E-state index in [1.165, 1.54) is 12.1 Å². The van der Waals surface area contributed by atoms with Crippen LogP contribution in [0.1, 0.15) is 30.0 Å². The molecule has 0 radical (unpaired) electrons. The Morgan fingerprint density at radius 1 is 1.21 bits per heavy atom. The van der Waals surface area contributed by atoms with E-state index in [9.17, 15) is 31.9 Å². The molecule has 4 rings (SSSR count). The number of aryl methyl sites for hydroxylation is 1. The number of alkyl halides is 3. The van der Waals surface area contributed by atoms with Crippen molar-refractivity contribution < 1.29 is 36.7 Å². The van der Waals surface area contributed by atoms with Crippen LogP contribution in [0.3, 0.4) is 0 Å². The Bertz CT molecular complexity index is 1150. The molecule has 1 aliphatic carbocycles. The maximum absolute atomic E-state index is 13.5. The molecule has 3 amide bonds. The topological polar surface area (TPSA) is 66.9 Å². The number of benzene rings is 2. The van der Waals surface area contributed by atoms with Gasteiger partial charge in [0.25, 0.3) is 5.91 Å². The average Bonchev–Trinajstić information content (AvgIpc) is 3.24. The number of hydrogen-bond acceptors (Lipinski definition) is 4. The third-order valence-corrected chi connectivity index (χ3v) is 6.64. The molecule has 1 saturated heterocycles. The lowest BCUT2D eigenvalue weighted by atomic mass is 9.95. The first-order valence-corrected chi connectivity index (χ1v) is 11.2. The van der Waals surface area contributed by atoms with Crippen LogP contribution in [0.5, 0.6) is 0 Å². The van der Waals surface area contributed by atoms with Gasteiger partial charge in [0.2, 0.25) is 11.5 Å². The van der Waals surface area contributed by atoms with Crippen LogP contribution in [0.15, 0.2) is 46.9 Å². The Balaban J connectivity index is 1.58. The van der Waals surface area contributed by atoms with Crippen molar-refractivity contribution in [3.63, 3.8) is 0 Å². The monoisotopic (exact) mass is 542 g/mol. The minimum absolute atomic E-state index is 0.173. The van der Waals surface area contributed by atoms with E-state index in [1.807, 2.05) is 0 Å². The SMILES string of the molecule is C[C@H](N(Cc1ccc(F)cc1)C(=O)CN1C(=O)O[C@@]2(CCc3cc(Br)ccc32)C1=O)C(F)(F)F. The highest BCUT2D eigenvalue weighted by Gasteiger charge is 2.58. The van der Waals surface area contributed by atoms with Gasteiger partial charge in [-0.3, -0.25) is 9.59 Å². The van der Waals surface area contributed by atoms with E-state index in [1.54, 1.807) is 18.2 Å². The van der Waals surface area contributed by atoms with E-state index >= 15 is 0 Å². The number of rotatable bonds is 5. The van der Waals surface area contributed by atoms with Gasteiger partial charge in [0.15, 0.2) is 0 Å². The van der Waals surface area contributed by atoms with Crippen LogP contribution in [-0.4, -0.2) is 46.5 Å². The molecule has 0 aromatic heterocycles. The summed E-state index contributed by atoms with van der Waals surface area (Å²) in [6.07, 6.45) is -5.22. The fourth-order valence-electron chi connectivity index (χ4n) is 4.25. The lowest BCUT2D eigenvalue weighted by molar-refractivity contribution is -0.187. The highest BCUT2D eigenvalue weighted by Crippen LogP contribution is 2.46. The summed E-state index contributed by atoms with van der Waals surface area (Å²) in [5.41, 5.74) is -0.0405. The van der Waals surface area contributed by atoms with Crippen LogP contribution >= 0.6 is 15.9 Å². The van der Waals surface area contributed by atoms with Crippen molar-refractivity contribution in [3.8, 4) is 0 Å². The van der Waals surface area contributed by atoms with Crippen molar-refractivity contribution in [1.82, 2.24) is 9.80 Å². The summed E-state index contributed by atoms with van der Waals surface area (Å²) in [5.74, 6) is -2.45. The molecule has 2 aromatic rings. The molecule has 2 aromatic carbocycles. The number of fused-ring (bicyclic) bond motifs is 2. The first-order valence-electron chi connectivity index (χ1n) is 10.4. The second-order valence-electron chi connectivity index (χ2n) is 8.25. The predicted octanol–water partition coefficient (Wildman–Crippen LogP) is 4.69. The van der Waals surface area contributed by atoms with Crippen molar-refractivity contribution in [1.29, 1.82) is 0 Å². The Morgan fingerprint density at radius 2 is 1.88 bits per heavy atom. The number of carbonyl (C=O) groups is 3. The van der Waals surface area contributed by atoms with Gasteiger partial charge in [-0.25, -0.2) is 14.1 Å². The molecule has 1 aliphatic heterocycles. The van der Waals surface area contributed by atoms with Gasteiger partial charge in [-0.1, -0.05) is 34.1 Å². The van der Waals surface area contributed by atoms with Gasteiger partial charge >= 0.3 is 12.3 Å². The Morgan fingerprint density at radius 3 is 2.53 bits per heavy atom. The number of ether oxygens (including phenoxy) is 1. The molecule has 34 heavy (non-hydrogen) atoms. The summed E-state index contributed by atoms with van der Waals surface area (Å²) < 4.78 is 59.9. The molecule has 180 valence electrons. The minimum atomic E-state index is -4.76. The average molecular weight is 543 g/mol. The third-order valence-electron chi connectivity index (χ3n) is 6.14. The summed E-state index contributed by atoms with van der Waals surface area (Å²) >= 11 is 3.34.